The predicted molar refractivity (Wildman–Crippen MR) is 50.0 cm³/mol. The standard InChI is InChI=1S/C8H6ClNO4/c1-14-5-2-7(9)6(4-11)8(3-5)10(12)13/h2-4H,1H3. The monoisotopic (exact) mass is 215 g/mol. The minimum Gasteiger partial charge on any atom is -0.496 e. The number of halogens is 1. The number of nitro groups is 1. The SMILES string of the molecule is COc1cc(Cl)c(C=O)c([N+](=O)[O-])c1. The van der Waals surface area contributed by atoms with Gasteiger partial charge in [0, 0.05) is 0 Å². The summed E-state index contributed by atoms with van der Waals surface area (Å²) in [5.74, 6) is 0.243. The van der Waals surface area contributed by atoms with Gasteiger partial charge in [0.1, 0.15) is 11.3 Å². The number of nitrogens with zero attached hydrogens (tertiary/aromatic N) is 1. The van der Waals surface area contributed by atoms with E-state index in [1.807, 2.05) is 0 Å². The molecule has 0 aliphatic carbocycles. The number of ether oxygens (including phenoxy) is 1. The summed E-state index contributed by atoms with van der Waals surface area (Å²) in [6, 6.07) is 2.49. The van der Waals surface area contributed by atoms with Crippen molar-refractivity contribution in [3.05, 3.63) is 32.8 Å². The molecule has 0 atom stereocenters. The molecule has 0 fully saturated rings. The van der Waals surface area contributed by atoms with Crippen molar-refractivity contribution in [3.8, 4) is 5.75 Å². The number of benzene rings is 1. The van der Waals surface area contributed by atoms with Crippen LogP contribution in [0.3, 0.4) is 0 Å². The molecule has 0 heterocycles. The molecule has 0 spiro atoms. The van der Waals surface area contributed by atoms with E-state index in [9.17, 15) is 14.9 Å². The first kappa shape index (κ1) is 10.5. The fourth-order valence-corrected chi connectivity index (χ4v) is 1.21. The maximum atomic E-state index is 10.5. The molecule has 0 bridgehead atoms. The number of hydrogen-bond acceptors (Lipinski definition) is 4. The number of aldehydes is 1. The predicted octanol–water partition coefficient (Wildman–Crippen LogP) is 2.07. The summed E-state index contributed by atoms with van der Waals surface area (Å²) >= 11 is 5.64. The number of rotatable bonds is 3. The van der Waals surface area contributed by atoms with Crippen LogP contribution in [-0.4, -0.2) is 18.3 Å². The summed E-state index contributed by atoms with van der Waals surface area (Å²) in [5.41, 5.74) is -0.498. The second kappa shape index (κ2) is 4.06. The molecule has 6 heteroatoms. The van der Waals surface area contributed by atoms with Gasteiger partial charge in [-0.25, -0.2) is 0 Å². The van der Waals surface area contributed by atoms with Gasteiger partial charge in [-0.1, -0.05) is 11.6 Å². The third kappa shape index (κ3) is 1.82. The van der Waals surface area contributed by atoms with Crippen LogP contribution in [0.25, 0.3) is 0 Å². The molecule has 1 aromatic carbocycles. The van der Waals surface area contributed by atoms with Gasteiger partial charge in [0.25, 0.3) is 5.69 Å². The van der Waals surface area contributed by atoms with Crippen LogP contribution in [0.15, 0.2) is 12.1 Å². The highest BCUT2D eigenvalue weighted by Crippen LogP contribution is 2.30. The normalized spacial score (nSPS) is 9.57. The minimum absolute atomic E-state index is 0.00560. The molecule has 0 unspecified atom stereocenters. The van der Waals surface area contributed by atoms with Crippen molar-refractivity contribution in [1.29, 1.82) is 0 Å². The molecule has 14 heavy (non-hydrogen) atoms. The van der Waals surface area contributed by atoms with E-state index in [-0.39, 0.29) is 22.0 Å². The summed E-state index contributed by atoms with van der Waals surface area (Å²) in [4.78, 5) is 20.4. The smallest absolute Gasteiger partial charge is 0.285 e. The van der Waals surface area contributed by atoms with Gasteiger partial charge in [0.2, 0.25) is 0 Å². The van der Waals surface area contributed by atoms with Gasteiger partial charge in [-0.05, 0) is 6.07 Å². The first-order valence-corrected chi connectivity index (χ1v) is 3.95. The van der Waals surface area contributed by atoms with Crippen molar-refractivity contribution in [2.75, 3.05) is 7.11 Å². The van der Waals surface area contributed by atoms with Gasteiger partial charge in [-0.3, -0.25) is 14.9 Å². The topological polar surface area (TPSA) is 69.4 Å². The van der Waals surface area contributed by atoms with Gasteiger partial charge >= 0.3 is 0 Å². The highest BCUT2D eigenvalue weighted by molar-refractivity contribution is 6.33. The Labute approximate surface area is 84.4 Å². The van der Waals surface area contributed by atoms with E-state index in [1.165, 1.54) is 13.2 Å². The molecular formula is C8H6ClNO4. The summed E-state index contributed by atoms with van der Waals surface area (Å²) < 4.78 is 4.78. The zero-order valence-electron chi connectivity index (χ0n) is 7.19. The van der Waals surface area contributed by atoms with Crippen molar-refractivity contribution < 1.29 is 14.5 Å². The molecule has 0 saturated carbocycles. The van der Waals surface area contributed by atoms with E-state index in [0.29, 0.717) is 6.29 Å². The average Bonchev–Trinajstić information content (AvgIpc) is 2.16. The molecule has 0 aliphatic rings. The third-order valence-corrected chi connectivity index (χ3v) is 1.94. The summed E-state index contributed by atoms with van der Waals surface area (Å²) in [6.07, 6.45) is 0.347. The Bertz CT molecular complexity index is 391. The van der Waals surface area contributed by atoms with Gasteiger partial charge in [0.15, 0.2) is 6.29 Å². The molecule has 0 aromatic heterocycles. The van der Waals surface area contributed by atoms with Gasteiger partial charge in [-0.15, -0.1) is 0 Å². The van der Waals surface area contributed by atoms with Crippen LogP contribution in [0.1, 0.15) is 10.4 Å². The number of carbonyl (C=O) groups excluding carboxylic acids is 1. The first-order chi connectivity index (χ1) is 6.60. The Hall–Kier alpha value is -1.62. The molecule has 1 rings (SSSR count). The van der Waals surface area contributed by atoms with Crippen LogP contribution < -0.4 is 4.74 Å². The van der Waals surface area contributed by atoms with E-state index < -0.39 is 4.92 Å². The lowest BCUT2D eigenvalue weighted by atomic mass is 10.2. The van der Waals surface area contributed by atoms with Crippen molar-refractivity contribution in [2.45, 2.75) is 0 Å². The van der Waals surface area contributed by atoms with E-state index >= 15 is 0 Å². The molecule has 0 saturated heterocycles. The molecule has 74 valence electrons. The molecule has 0 aliphatic heterocycles. The van der Waals surface area contributed by atoms with Crippen molar-refractivity contribution in [3.63, 3.8) is 0 Å². The summed E-state index contributed by atoms with van der Waals surface area (Å²) in [7, 11) is 1.36. The fourth-order valence-electron chi connectivity index (χ4n) is 0.965. The van der Waals surface area contributed by atoms with E-state index in [0.717, 1.165) is 6.07 Å². The fraction of sp³-hybridized carbons (Fsp3) is 0.125. The maximum absolute atomic E-state index is 10.5. The molecule has 1 aromatic rings. The number of methoxy groups -OCH3 is 1. The van der Waals surface area contributed by atoms with Crippen molar-refractivity contribution >= 4 is 23.6 Å². The lowest BCUT2D eigenvalue weighted by molar-refractivity contribution is -0.385. The van der Waals surface area contributed by atoms with Crippen LogP contribution in [0.5, 0.6) is 5.75 Å². The van der Waals surface area contributed by atoms with Crippen LogP contribution >= 0.6 is 11.6 Å². The largest absolute Gasteiger partial charge is 0.496 e. The van der Waals surface area contributed by atoms with Crippen LogP contribution in [0.4, 0.5) is 5.69 Å². The Morgan fingerprint density at radius 2 is 2.21 bits per heavy atom. The number of hydrogen-bond donors (Lipinski definition) is 0. The second-order valence-corrected chi connectivity index (χ2v) is 2.82. The highest BCUT2D eigenvalue weighted by atomic mass is 35.5. The summed E-state index contributed by atoms with van der Waals surface area (Å²) in [5, 5.41) is 10.5. The van der Waals surface area contributed by atoms with E-state index in [4.69, 9.17) is 16.3 Å². The second-order valence-electron chi connectivity index (χ2n) is 2.42. The lowest BCUT2D eigenvalue weighted by Gasteiger charge is -2.02. The molecule has 0 amide bonds. The third-order valence-electron chi connectivity index (χ3n) is 1.63. The maximum Gasteiger partial charge on any atom is 0.285 e. The highest BCUT2D eigenvalue weighted by Gasteiger charge is 2.18. The van der Waals surface area contributed by atoms with Gasteiger partial charge in [-0.2, -0.15) is 0 Å². The van der Waals surface area contributed by atoms with Crippen LogP contribution in [-0.2, 0) is 0 Å². The Morgan fingerprint density at radius 1 is 1.57 bits per heavy atom. The van der Waals surface area contributed by atoms with E-state index in [2.05, 4.69) is 0 Å². The van der Waals surface area contributed by atoms with Crippen molar-refractivity contribution in [1.82, 2.24) is 0 Å². The number of nitro benzene ring substituents is 1. The molecular weight excluding hydrogens is 210 g/mol. The zero-order valence-corrected chi connectivity index (χ0v) is 7.95. The molecule has 0 N–H and O–H groups in total. The van der Waals surface area contributed by atoms with Crippen LogP contribution in [0, 0.1) is 10.1 Å². The Morgan fingerprint density at radius 3 is 2.64 bits per heavy atom. The first-order valence-electron chi connectivity index (χ1n) is 3.57. The Balaban J connectivity index is 3.43. The zero-order chi connectivity index (χ0) is 10.7. The minimum atomic E-state index is -0.682. The number of carbonyl (C=O) groups is 1. The molecule has 0 radical (unpaired) electrons. The lowest BCUT2D eigenvalue weighted by Crippen LogP contribution is -1.96. The quantitative estimate of drug-likeness (QED) is 0.440. The Kier molecular flexibility index (Phi) is 3.03. The summed E-state index contributed by atoms with van der Waals surface area (Å²) in [6.45, 7) is 0. The van der Waals surface area contributed by atoms with E-state index in [1.54, 1.807) is 0 Å². The molecule has 5 nitrogen and oxygen atoms in total. The van der Waals surface area contributed by atoms with Gasteiger partial charge < -0.3 is 4.74 Å². The van der Waals surface area contributed by atoms with Gasteiger partial charge in [0.05, 0.1) is 23.1 Å². The van der Waals surface area contributed by atoms with Crippen molar-refractivity contribution in [2.24, 2.45) is 0 Å². The average molecular weight is 216 g/mol. The van der Waals surface area contributed by atoms with Crippen LogP contribution in [0.2, 0.25) is 5.02 Å².